The number of piperidine rings is 1. The summed E-state index contributed by atoms with van der Waals surface area (Å²) in [6.07, 6.45) is 8.77. The fourth-order valence-electron chi connectivity index (χ4n) is 5.78. The van der Waals surface area contributed by atoms with Gasteiger partial charge in [-0.3, -0.25) is 4.79 Å². The Morgan fingerprint density at radius 1 is 1.05 bits per heavy atom. The molecule has 1 atom stereocenters. The van der Waals surface area contributed by atoms with Gasteiger partial charge in [0.15, 0.2) is 11.6 Å². The van der Waals surface area contributed by atoms with Gasteiger partial charge in [0.05, 0.1) is 18.8 Å². The molecule has 10 heteroatoms. The number of imidazole rings is 1. The second kappa shape index (κ2) is 10.3. The van der Waals surface area contributed by atoms with Gasteiger partial charge in [0.1, 0.15) is 17.5 Å². The number of anilines is 3. The van der Waals surface area contributed by atoms with Crippen LogP contribution in [0.4, 0.5) is 17.6 Å². The largest absolute Gasteiger partial charge is 0.394 e. The third-order valence-electron chi connectivity index (χ3n) is 8.25. The number of fused-ring (bicyclic) bond motifs is 1. The average Bonchev–Trinajstić information content (AvgIpc) is 3.71. The van der Waals surface area contributed by atoms with Crippen molar-refractivity contribution in [3.8, 4) is 5.69 Å². The molecular formula is C29H36N8O2. The van der Waals surface area contributed by atoms with E-state index in [1.54, 1.807) is 10.8 Å². The third kappa shape index (κ3) is 4.73. The summed E-state index contributed by atoms with van der Waals surface area (Å²) < 4.78 is 3.68. The number of rotatable bonds is 6. The zero-order chi connectivity index (χ0) is 27.1. The predicted molar refractivity (Wildman–Crippen MR) is 151 cm³/mol. The molecule has 0 unspecified atom stereocenters. The standard InChI is InChI=1S/C29H36N8O2/c1-19-14-23(15-20(2)21(19)3)35-16-26(30-18-35)31-29-32-27(36-13-7-8-22(36)17-38)24-9-10-25(37(24)33-29)28(39)34-11-5-4-6-12-34/h9-10,14-16,18,22,38H,4-8,11-13,17H2,1-3H3,(H,31,33)/t22-/m0/s1. The first-order chi connectivity index (χ1) is 18.9. The van der Waals surface area contributed by atoms with E-state index in [0.29, 0.717) is 23.3 Å². The molecule has 1 amide bonds. The van der Waals surface area contributed by atoms with Gasteiger partial charge in [-0.05, 0) is 93.8 Å². The van der Waals surface area contributed by atoms with Crippen LogP contribution in [0.25, 0.3) is 11.2 Å². The Morgan fingerprint density at radius 2 is 1.82 bits per heavy atom. The Hall–Kier alpha value is -3.92. The predicted octanol–water partition coefficient (Wildman–Crippen LogP) is 4.17. The molecule has 0 aliphatic carbocycles. The molecule has 204 valence electrons. The maximum atomic E-state index is 13.5. The zero-order valence-electron chi connectivity index (χ0n) is 22.9. The first-order valence-electron chi connectivity index (χ1n) is 13.9. The fraction of sp³-hybridized carbons (Fsp3) is 0.448. The van der Waals surface area contributed by atoms with Gasteiger partial charge in [0, 0.05) is 25.3 Å². The number of aromatic nitrogens is 5. The zero-order valence-corrected chi connectivity index (χ0v) is 22.9. The molecule has 2 saturated heterocycles. The van der Waals surface area contributed by atoms with E-state index in [2.05, 4.69) is 48.1 Å². The number of aryl methyl sites for hydroxylation is 2. The molecule has 1 aromatic carbocycles. The fourth-order valence-corrected chi connectivity index (χ4v) is 5.78. The minimum Gasteiger partial charge on any atom is -0.394 e. The minimum atomic E-state index is -0.0141. The number of likely N-dealkylation sites (tertiary alicyclic amines) is 1. The molecule has 0 bridgehead atoms. The topological polar surface area (TPSA) is 104 Å². The van der Waals surface area contributed by atoms with Gasteiger partial charge in [-0.1, -0.05) is 0 Å². The molecule has 2 aliphatic rings. The Bertz CT molecular complexity index is 1490. The SMILES string of the molecule is Cc1cc(-n2cnc(Nc3nc(N4CCC[C@H]4CO)c4ccc(C(=O)N5CCCCC5)n4n3)c2)cc(C)c1C. The number of amides is 1. The number of carbonyl (C=O) groups is 1. The summed E-state index contributed by atoms with van der Waals surface area (Å²) >= 11 is 0. The van der Waals surface area contributed by atoms with Gasteiger partial charge >= 0.3 is 0 Å². The lowest BCUT2D eigenvalue weighted by molar-refractivity contribution is 0.0716. The summed E-state index contributed by atoms with van der Waals surface area (Å²) in [4.78, 5) is 27.0. The number of hydrogen-bond donors (Lipinski definition) is 2. The van der Waals surface area contributed by atoms with E-state index < -0.39 is 0 Å². The molecule has 0 spiro atoms. The molecule has 6 rings (SSSR count). The van der Waals surface area contributed by atoms with E-state index in [1.165, 1.54) is 16.7 Å². The summed E-state index contributed by atoms with van der Waals surface area (Å²) in [7, 11) is 0. The molecule has 2 aliphatic heterocycles. The lowest BCUT2D eigenvalue weighted by atomic mass is 10.0. The highest BCUT2D eigenvalue weighted by molar-refractivity contribution is 5.95. The lowest BCUT2D eigenvalue weighted by Crippen LogP contribution is -2.36. The van der Waals surface area contributed by atoms with Crippen molar-refractivity contribution in [1.82, 2.24) is 29.0 Å². The van der Waals surface area contributed by atoms with Crippen LogP contribution in [-0.4, -0.2) is 72.3 Å². The molecule has 0 saturated carbocycles. The van der Waals surface area contributed by atoms with Crippen LogP contribution in [0.5, 0.6) is 0 Å². The number of nitrogens with zero attached hydrogens (tertiary/aromatic N) is 7. The van der Waals surface area contributed by atoms with E-state index in [4.69, 9.17) is 10.1 Å². The van der Waals surface area contributed by atoms with Crippen LogP contribution in [0.3, 0.4) is 0 Å². The van der Waals surface area contributed by atoms with Crippen molar-refractivity contribution in [2.45, 2.75) is 58.9 Å². The maximum Gasteiger partial charge on any atom is 0.272 e. The second-order valence-corrected chi connectivity index (χ2v) is 10.8. The van der Waals surface area contributed by atoms with Gasteiger partial charge < -0.3 is 24.8 Å². The van der Waals surface area contributed by atoms with Crippen LogP contribution in [0.1, 0.15) is 59.3 Å². The molecular weight excluding hydrogens is 492 g/mol. The molecule has 10 nitrogen and oxygen atoms in total. The summed E-state index contributed by atoms with van der Waals surface area (Å²) in [5, 5.41) is 18.1. The maximum absolute atomic E-state index is 13.5. The van der Waals surface area contributed by atoms with Gasteiger partial charge in [-0.15, -0.1) is 5.10 Å². The van der Waals surface area contributed by atoms with E-state index in [-0.39, 0.29) is 18.6 Å². The Labute approximate surface area is 228 Å². The highest BCUT2D eigenvalue weighted by Crippen LogP contribution is 2.30. The lowest BCUT2D eigenvalue weighted by Gasteiger charge is -2.27. The molecule has 3 aromatic heterocycles. The smallest absolute Gasteiger partial charge is 0.272 e. The Kier molecular flexibility index (Phi) is 6.72. The summed E-state index contributed by atoms with van der Waals surface area (Å²) in [5.74, 6) is 1.66. The van der Waals surface area contributed by atoms with Crippen LogP contribution in [-0.2, 0) is 0 Å². The highest BCUT2D eigenvalue weighted by atomic mass is 16.3. The normalized spacial score (nSPS) is 17.8. The first-order valence-corrected chi connectivity index (χ1v) is 13.9. The van der Waals surface area contributed by atoms with Crippen LogP contribution < -0.4 is 10.2 Å². The molecule has 0 radical (unpaired) electrons. The Morgan fingerprint density at radius 3 is 2.56 bits per heavy atom. The number of nitrogens with one attached hydrogen (secondary N) is 1. The van der Waals surface area contributed by atoms with Crippen LogP contribution in [0, 0.1) is 20.8 Å². The molecule has 2 fully saturated rings. The monoisotopic (exact) mass is 528 g/mol. The highest BCUT2D eigenvalue weighted by Gasteiger charge is 2.29. The number of hydrogen-bond acceptors (Lipinski definition) is 7. The van der Waals surface area contributed by atoms with E-state index in [0.717, 1.165) is 62.9 Å². The number of aliphatic hydroxyl groups is 1. The van der Waals surface area contributed by atoms with Crippen molar-refractivity contribution >= 4 is 29.0 Å². The van der Waals surface area contributed by atoms with Crippen molar-refractivity contribution in [2.75, 3.05) is 36.5 Å². The summed E-state index contributed by atoms with van der Waals surface area (Å²) in [6.45, 7) is 8.74. The van der Waals surface area contributed by atoms with Gasteiger partial charge in [-0.2, -0.15) is 4.98 Å². The molecule has 2 N–H and O–H groups in total. The number of aliphatic hydroxyl groups excluding tert-OH is 1. The minimum absolute atomic E-state index is 0.0140. The van der Waals surface area contributed by atoms with E-state index >= 15 is 0 Å². The summed E-state index contributed by atoms with van der Waals surface area (Å²) in [6, 6.07) is 8.04. The van der Waals surface area contributed by atoms with Crippen molar-refractivity contribution in [3.63, 3.8) is 0 Å². The quantitative estimate of drug-likeness (QED) is 0.387. The number of benzene rings is 1. The van der Waals surface area contributed by atoms with Gasteiger partial charge in [0.25, 0.3) is 5.91 Å². The van der Waals surface area contributed by atoms with Gasteiger partial charge in [-0.25, -0.2) is 9.50 Å². The van der Waals surface area contributed by atoms with Crippen molar-refractivity contribution in [2.24, 2.45) is 0 Å². The van der Waals surface area contributed by atoms with Crippen LogP contribution in [0.15, 0.2) is 36.8 Å². The summed E-state index contributed by atoms with van der Waals surface area (Å²) in [5.41, 5.74) is 6.07. The Balaban J connectivity index is 1.38. The van der Waals surface area contributed by atoms with Gasteiger partial charge in [0.2, 0.25) is 5.95 Å². The average molecular weight is 529 g/mol. The first kappa shape index (κ1) is 25.4. The van der Waals surface area contributed by atoms with Crippen molar-refractivity contribution in [3.05, 3.63) is 59.2 Å². The second-order valence-electron chi connectivity index (χ2n) is 10.8. The molecule has 4 aromatic rings. The van der Waals surface area contributed by atoms with Crippen molar-refractivity contribution < 1.29 is 9.90 Å². The number of carbonyl (C=O) groups excluding carboxylic acids is 1. The van der Waals surface area contributed by atoms with Crippen LogP contribution in [0.2, 0.25) is 0 Å². The molecule has 39 heavy (non-hydrogen) atoms. The van der Waals surface area contributed by atoms with Crippen LogP contribution >= 0.6 is 0 Å². The molecule has 5 heterocycles. The third-order valence-corrected chi connectivity index (χ3v) is 8.25. The van der Waals surface area contributed by atoms with E-state index in [9.17, 15) is 9.90 Å². The van der Waals surface area contributed by atoms with Crippen molar-refractivity contribution in [1.29, 1.82) is 0 Å². The van der Waals surface area contributed by atoms with E-state index in [1.807, 2.05) is 27.8 Å².